The van der Waals surface area contributed by atoms with Gasteiger partial charge in [0.2, 0.25) is 0 Å². The fourth-order valence-corrected chi connectivity index (χ4v) is 3.41. The Labute approximate surface area is 122 Å². The highest BCUT2D eigenvalue weighted by molar-refractivity contribution is 7.24. The molecule has 0 fully saturated rings. The Hall–Kier alpha value is -2.73. The second-order valence-corrected chi connectivity index (χ2v) is 5.59. The molecule has 1 aromatic carbocycles. The number of nitrogens with zero attached hydrogens (tertiary/aromatic N) is 3. The van der Waals surface area contributed by atoms with Crippen molar-refractivity contribution in [1.82, 2.24) is 9.55 Å². The molecule has 0 aliphatic carbocycles. The van der Waals surface area contributed by atoms with E-state index < -0.39 is 0 Å². The smallest absolute Gasteiger partial charge is 0.283 e. The zero-order valence-corrected chi connectivity index (χ0v) is 11.6. The zero-order chi connectivity index (χ0) is 14.4. The third kappa shape index (κ3) is 1.73. The van der Waals surface area contributed by atoms with Crippen molar-refractivity contribution in [1.29, 1.82) is 0 Å². The Morgan fingerprint density at radius 3 is 2.76 bits per heavy atom. The van der Waals surface area contributed by atoms with E-state index in [2.05, 4.69) is 4.98 Å². The van der Waals surface area contributed by atoms with Crippen molar-refractivity contribution in [2.24, 2.45) is 0 Å². The summed E-state index contributed by atoms with van der Waals surface area (Å²) in [5.41, 5.74) is 1.18. The first-order valence-electron chi connectivity index (χ1n) is 6.33. The number of fused-ring (bicyclic) bond motifs is 3. The van der Waals surface area contributed by atoms with Gasteiger partial charge in [-0.15, -0.1) is 0 Å². The van der Waals surface area contributed by atoms with Crippen LogP contribution in [-0.2, 0) is 0 Å². The van der Waals surface area contributed by atoms with Crippen molar-refractivity contribution >= 4 is 31.8 Å². The van der Waals surface area contributed by atoms with Crippen LogP contribution in [0.3, 0.4) is 0 Å². The molecule has 0 saturated carbocycles. The molecule has 3 aromatic heterocycles. The first kappa shape index (κ1) is 12.0. The molecule has 21 heavy (non-hydrogen) atoms. The Morgan fingerprint density at radius 2 is 1.95 bits per heavy atom. The molecular formula is C15H9N3O2S. The summed E-state index contributed by atoms with van der Waals surface area (Å²) >= 11 is 1.18. The summed E-state index contributed by atoms with van der Waals surface area (Å²) in [5.74, 6) is 0. The number of para-hydroxylation sites is 1. The van der Waals surface area contributed by atoms with Crippen molar-refractivity contribution in [3.05, 3.63) is 70.5 Å². The third-order valence-corrected chi connectivity index (χ3v) is 4.50. The van der Waals surface area contributed by atoms with E-state index in [0.717, 1.165) is 10.4 Å². The Morgan fingerprint density at radius 1 is 1.14 bits per heavy atom. The molecule has 0 saturated heterocycles. The minimum atomic E-state index is -0.160. The minimum absolute atomic E-state index is 0.160. The van der Waals surface area contributed by atoms with Crippen LogP contribution >= 0.6 is 11.3 Å². The van der Waals surface area contributed by atoms with Gasteiger partial charge in [-0.1, -0.05) is 29.5 Å². The van der Waals surface area contributed by atoms with Gasteiger partial charge in [-0.2, -0.15) is 4.73 Å². The molecule has 0 bridgehead atoms. The van der Waals surface area contributed by atoms with Crippen LogP contribution in [-0.4, -0.2) is 9.55 Å². The van der Waals surface area contributed by atoms with E-state index in [4.69, 9.17) is 0 Å². The van der Waals surface area contributed by atoms with Crippen molar-refractivity contribution in [3.63, 3.8) is 0 Å². The second-order valence-electron chi connectivity index (χ2n) is 4.59. The molecule has 0 spiro atoms. The van der Waals surface area contributed by atoms with Crippen LogP contribution in [0.25, 0.3) is 26.1 Å². The number of hydrogen-bond donors (Lipinski definition) is 0. The number of rotatable bonds is 1. The molecular weight excluding hydrogens is 286 g/mol. The second kappa shape index (κ2) is 4.39. The van der Waals surface area contributed by atoms with Crippen LogP contribution in [0, 0.1) is 5.21 Å². The molecule has 5 nitrogen and oxygen atoms in total. The average molecular weight is 295 g/mol. The van der Waals surface area contributed by atoms with Gasteiger partial charge in [0.1, 0.15) is 16.5 Å². The van der Waals surface area contributed by atoms with Crippen LogP contribution in [0.5, 0.6) is 0 Å². The van der Waals surface area contributed by atoms with E-state index in [1.807, 2.05) is 36.4 Å². The maximum absolute atomic E-state index is 12.6. The normalized spacial score (nSPS) is 11.2. The molecule has 6 heteroatoms. The summed E-state index contributed by atoms with van der Waals surface area (Å²) in [6.07, 6.45) is 2.93. The van der Waals surface area contributed by atoms with Gasteiger partial charge in [0.05, 0.1) is 11.1 Å². The molecule has 0 aliphatic rings. The van der Waals surface area contributed by atoms with Crippen LogP contribution < -0.4 is 10.3 Å². The third-order valence-electron chi connectivity index (χ3n) is 3.33. The van der Waals surface area contributed by atoms with Gasteiger partial charge in [0.25, 0.3) is 10.4 Å². The van der Waals surface area contributed by atoms with Gasteiger partial charge in [-0.05, 0) is 18.2 Å². The molecule has 4 aromatic rings. The first-order chi connectivity index (χ1) is 10.3. The minimum Gasteiger partial charge on any atom is -0.618 e. The lowest BCUT2D eigenvalue weighted by Crippen LogP contribution is -2.24. The topological polar surface area (TPSA) is 61.8 Å². The molecule has 0 radical (unpaired) electrons. The monoisotopic (exact) mass is 295 g/mol. The predicted octanol–water partition coefficient (Wildman–Crippen LogP) is 2.23. The Kier molecular flexibility index (Phi) is 2.52. The van der Waals surface area contributed by atoms with E-state index in [0.29, 0.717) is 20.4 Å². The molecule has 0 amide bonds. The summed E-state index contributed by atoms with van der Waals surface area (Å²) in [5, 5.41) is 12.5. The number of thiophene rings is 1. The average Bonchev–Trinajstić information content (AvgIpc) is 2.90. The van der Waals surface area contributed by atoms with Crippen LogP contribution in [0.15, 0.2) is 59.8 Å². The van der Waals surface area contributed by atoms with E-state index in [1.165, 1.54) is 28.4 Å². The van der Waals surface area contributed by atoms with Crippen molar-refractivity contribution in [3.8, 4) is 5.69 Å². The molecule has 0 aliphatic heterocycles. The lowest BCUT2D eigenvalue weighted by Gasteiger charge is -2.03. The van der Waals surface area contributed by atoms with Gasteiger partial charge < -0.3 is 5.21 Å². The molecule has 0 unspecified atom stereocenters. The highest BCUT2D eigenvalue weighted by Gasteiger charge is 2.16. The molecule has 0 N–H and O–H groups in total. The van der Waals surface area contributed by atoms with Gasteiger partial charge >= 0.3 is 0 Å². The lowest BCUT2D eigenvalue weighted by atomic mass is 10.3. The molecule has 0 atom stereocenters. The summed E-state index contributed by atoms with van der Waals surface area (Å²) in [6.45, 7) is 0. The Bertz CT molecular complexity index is 1020. The standard InChI is InChI=1S/C15H9N3O2S/c19-14-13-12(11-7-4-8-18(20)15(11)21-13)16-9-17(14)10-5-2-1-3-6-10/h1-9H. The fraction of sp³-hybridized carbons (Fsp3) is 0. The highest BCUT2D eigenvalue weighted by atomic mass is 32.1. The summed E-state index contributed by atoms with van der Waals surface area (Å²) in [4.78, 5) is 17.5. The van der Waals surface area contributed by atoms with Gasteiger partial charge in [-0.3, -0.25) is 9.36 Å². The van der Waals surface area contributed by atoms with E-state index >= 15 is 0 Å². The van der Waals surface area contributed by atoms with Gasteiger partial charge in [-0.25, -0.2) is 4.98 Å². The number of pyridine rings is 1. The van der Waals surface area contributed by atoms with Crippen molar-refractivity contribution in [2.75, 3.05) is 0 Å². The fourth-order valence-electron chi connectivity index (χ4n) is 2.35. The maximum atomic E-state index is 12.6. The van der Waals surface area contributed by atoms with Crippen molar-refractivity contribution in [2.45, 2.75) is 0 Å². The van der Waals surface area contributed by atoms with E-state index in [9.17, 15) is 10.0 Å². The Balaban J connectivity index is 2.11. The molecule has 3 heterocycles. The van der Waals surface area contributed by atoms with Gasteiger partial charge in [0, 0.05) is 6.07 Å². The summed E-state index contributed by atoms with van der Waals surface area (Å²) in [6, 6.07) is 12.8. The number of benzene rings is 1. The SMILES string of the molecule is O=c1c2sc3c(ccc[n+]3[O-])c2ncn1-c1ccccc1. The highest BCUT2D eigenvalue weighted by Crippen LogP contribution is 2.27. The van der Waals surface area contributed by atoms with Crippen LogP contribution in [0.2, 0.25) is 0 Å². The predicted molar refractivity (Wildman–Crippen MR) is 81.7 cm³/mol. The molecule has 102 valence electrons. The summed E-state index contributed by atoms with van der Waals surface area (Å²) < 4.78 is 2.76. The quantitative estimate of drug-likeness (QED) is 0.399. The van der Waals surface area contributed by atoms with E-state index in [-0.39, 0.29) is 5.56 Å². The molecule has 4 rings (SSSR count). The van der Waals surface area contributed by atoms with Crippen LogP contribution in [0.1, 0.15) is 0 Å². The number of hydrogen-bond acceptors (Lipinski definition) is 4. The van der Waals surface area contributed by atoms with Crippen molar-refractivity contribution < 1.29 is 4.73 Å². The van der Waals surface area contributed by atoms with Crippen LogP contribution in [0.4, 0.5) is 0 Å². The first-order valence-corrected chi connectivity index (χ1v) is 7.15. The zero-order valence-electron chi connectivity index (χ0n) is 10.8. The maximum Gasteiger partial charge on any atom is 0.283 e. The van der Waals surface area contributed by atoms with Gasteiger partial charge in [0.15, 0.2) is 6.20 Å². The lowest BCUT2D eigenvalue weighted by molar-refractivity contribution is -0.574. The largest absolute Gasteiger partial charge is 0.618 e. The number of aromatic nitrogens is 3. The summed E-state index contributed by atoms with van der Waals surface area (Å²) in [7, 11) is 0. The van der Waals surface area contributed by atoms with E-state index in [1.54, 1.807) is 6.07 Å².